The molecule has 1 rings (SSSR count). The Hall–Kier alpha value is -0.830. The molecule has 0 aliphatic heterocycles. The van der Waals surface area contributed by atoms with Crippen LogP contribution in [0.15, 0.2) is 0 Å². The molecule has 1 aromatic heterocycles. The van der Waals surface area contributed by atoms with Gasteiger partial charge in [-0.2, -0.15) is 0 Å². The van der Waals surface area contributed by atoms with Crippen LogP contribution in [-0.4, -0.2) is 16.6 Å². The van der Waals surface area contributed by atoms with Gasteiger partial charge in [0.25, 0.3) is 0 Å². The molecule has 1 heterocycles. The number of imidazole rings is 1. The predicted molar refractivity (Wildman–Crippen MR) is 50.1 cm³/mol. The molecule has 0 unspecified atom stereocenters. The molecule has 0 aliphatic rings. The summed E-state index contributed by atoms with van der Waals surface area (Å²) in [5.74, 6) is 1.12. The molecule has 0 aliphatic carbocycles. The van der Waals surface area contributed by atoms with Gasteiger partial charge in [-0.15, -0.1) is 0 Å². The lowest BCUT2D eigenvalue weighted by Crippen LogP contribution is -2.11. The zero-order chi connectivity index (χ0) is 9.14. The van der Waals surface area contributed by atoms with Gasteiger partial charge < -0.3 is 9.88 Å². The maximum atomic E-state index is 4.47. The highest BCUT2D eigenvalue weighted by Gasteiger charge is 2.07. The Morgan fingerprint density at radius 1 is 1.50 bits per heavy atom. The molecule has 0 fully saturated rings. The maximum absolute atomic E-state index is 4.47. The van der Waals surface area contributed by atoms with Crippen molar-refractivity contribution >= 4 is 0 Å². The third-order valence-electron chi connectivity index (χ3n) is 2.18. The molecule has 3 heteroatoms. The minimum absolute atomic E-state index is 0.845. The van der Waals surface area contributed by atoms with E-state index in [4.69, 9.17) is 0 Å². The molecule has 3 nitrogen and oxygen atoms in total. The van der Waals surface area contributed by atoms with E-state index < -0.39 is 0 Å². The van der Waals surface area contributed by atoms with Gasteiger partial charge >= 0.3 is 0 Å². The second-order valence-electron chi connectivity index (χ2n) is 3.00. The smallest absolute Gasteiger partial charge is 0.122 e. The second kappa shape index (κ2) is 3.72. The predicted octanol–water partition coefficient (Wildman–Crippen LogP) is 1.01. The molecule has 68 valence electrons. The zero-order valence-electron chi connectivity index (χ0n) is 8.31. The van der Waals surface area contributed by atoms with Gasteiger partial charge in [0.2, 0.25) is 0 Å². The number of aryl methyl sites for hydroxylation is 1. The first-order valence-corrected chi connectivity index (χ1v) is 4.36. The van der Waals surface area contributed by atoms with Gasteiger partial charge in [0.15, 0.2) is 0 Å². The van der Waals surface area contributed by atoms with E-state index in [2.05, 4.69) is 35.8 Å². The first kappa shape index (κ1) is 9.26. The molecule has 0 aromatic carbocycles. The summed E-state index contributed by atoms with van der Waals surface area (Å²) < 4.78 is 2.17. The average molecular weight is 167 g/mol. The van der Waals surface area contributed by atoms with Crippen molar-refractivity contribution in [3.8, 4) is 0 Å². The van der Waals surface area contributed by atoms with Crippen LogP contribution >= 0.6 is 0 Å². The Kier molecular flexibility index (Phi) is 2.87. The van der Waals surface area contributed by atoms with Crippen LogP contribution < -0.4 is 5.32 Å². The van der Waals surface area contributed by atoms with Crippen molar-refractivity contribution in [3.63, 3.8) is 0 Å². The summed E-state index contributed by atoms with van der Waals surface area (Å²) in [7, 11) is 4.02. The molecule has 1 N–H and O–H groups in total. The fourth-order valence-corrected chi connectivity index (χ4v) is 1.54. The van der Waals surface area contributed by atoms with Gasteiger partial charge in [0.1, 0.15) is 5.82 Å². The molecular weight excluding hydrogens is 150 g/mol. The fourth-order valence-electron chi connectivity index (χ4n) is 1.54. The topological polar surface area (TPSA) is 29.9 Å². The molecule has 0 saturated heterocycles. The van der Waals surface area contributed by atoms with Crippen molar-refractivity contribution in [2.24, 2.45) is 7.05 Å². The van der Waals surface area contributed by atoms with Crippen LogP contribution in [0, 0.1) is 6.92 Å². The van der Waals surface area contributed by atoms with Crippen LogP contribution in [0.2, 0.25) is 0 Å². The summed E-state index contributed by atoms with van der Waals surface area (Å²) in [5.41, 5.74) is 2.49. The Morgan fingerprint density at radius 3 is 2.58 bits per heavy atom. The van der Waals surface area contributed by atoms with Crippen molar-refractivity contribution in [2.45, 2.75) is 26.8 Å². The highest BCUT2D eigenvalue weighted by molar-refractivity contribution is 5.15. The molecule has 0 atom stereocenters. The average Bonchev–Trinajstić information content (AvgIpc) is 2.29. The Morgan fingerprint density at radius 2 is 2.17 bits per heavy atom. The lowest BCUT2D eigenvalue weighted by atomic mass is 10.3. The fraction of sp³-hybridized carbons (Fsp3) is 0.667. The van der Waals surface area contributed by atoms with Crippen LogP contribution in [-0.2, 0) is 20.0 Å². The molecule has 0 amide bonds. The lowest BCUT2D eigenvalue weighted by Gasteiger charge is -2.02. The lowest BCUT2D eigenvalue weighted by molar-refractivity contribution is 0.693. The van der Waals surface area contributed by atoms with Gasteiger partial charge in [-0.3, -0.25) is 0 Å². The van der Waals surface area contributed by atoms with Crippen molar-refractivity contribution < 1.29 is 0 Å². The van der Waals surface area contributed by atoms with E-state index in [1.807, 2.05) is 7.05 Å². The van der Waals surface area contributed by atoms with Crippen LogP contribution in [0.1, 0.15) is 24.1 Å². The van der Waals surface area contributed by atoms with E-state index in [9.17, 15) is 0 Å². The van der Waals surface area contributed by atoms with E-state index in [1.165, 1.54) is 5.69 Å². The van der Waals surface area contributed by atoms with Crippen molar-refractivity contribution in [1.82, 2.24) is 14.9 Å². The zero-order valence-corrected chi connectivity index (χ0v) is 8.31. The number of nitrogens with one attached hydrogen (secondary N) is 1. The number of hydrogen-bond donors (Lipinski definition) is 1. The third kappa shape index (κ3) is 1.50. The van der Waals surface area contributed by atoms with Crippen molar-refractivity contribution in [2.75, 3.05) is 7.05 Å². The first-order chi connectivity index (χ1) is 5.70. The first-order valence-electron chi connectivity index (χ1n) is 4.36. The largest absolute Gasteiger partial charge is 0.334 e. The SMILES string of the molecule is CCc1c(C)nc(CNC)n1C. The van der Waals surface area contributed by atoms with Gasteiger partial charge in [0, 0.05) is 12.7 Å². The third-order valence-corrected chi connectivity index (χ3v) is 2.18. The normalized spacial score (nSPS) is 10.7. The van der Waals surface area contributed by atoms with Gasteiger partial charge in [-0.1, -0.05) is 6.92 Å². The minimum atomic E-state index is 0.845. The molecule has 0 saturated carbocycles. The Balaban J connectivity index is 3.00. The summed E-state index contributed by atoms with van der Waals surface area (Å²) in [6.45, 7) is 5.07. The Labute approximate surface area is 73.8 Å². The second-order valence-corrected chi connectivity index (χ2v) is 3.00. The van der Waals surface area contributed by atoms with E-state index in [1.54, 1.807) is 0 Å². The monoisotopic (exact) mass is 167 g/mol. The summed E-state index contributed by atoms with van der Waals surface area (Å²) in [5, 5.41) is 3.11. The van der Waals surface area contributed by atoms with Crippen LogP contribution in [0.5, 0.6) is 0 Å². The van der Waals surface area contributed by atoms with E-state index in [-0.39, 0.29) is 0 Å². The molecule has 0 spiro atoms. The molecule has 0 bridgehead atoms. The van der Waals surface area contributed by atoms with Crippen molar-refractivity contribution in [1.29, 1.82) is 0 Å². The highest BCUT2D eigenvalue weighted by Crippen LogP contribution is 2.09. The Bertz CT molecular complexity index is 263. The molecule has 12 heavy (non-hydrogen) atoms. The van der Waals surface area contributed by atoms with E-state index in [0.29, 0.717) is 0 Å². The summed E-state index contributed by atoms with van der Waals surface area (Å²) >= 11 is 0. The van der Waals surface area contributed by atoms with Crippen LogP contribution in [0.4, 0.5) is 0 Å². The number of rotatable bonds is 3. The molecular formula is C9H17N3. The van der Waals surface area contributed by atoms with Gasteiger partial charge in [-0.25, -0.2) is 4.98 Å². The highest BCUT2D eigenvalue weighted by atomic mass is 15.1. The van der Waals surface area contributed by atoms with E-state index in [0.717, 1.165) is 24.5 Å². The number of nitrogens with zero attached hydrogens (tertiary/aromatic N) is 2. The maximum Gasteiger partial charge on any atom is 0.122 e. The van der Waals surface area contributed by atoms with Gasteiger partial charge in [0.05, 0.1) is 12.2 Å². The molecule has 0 radical (unpaired) electrons. The quantitative estimate of drug-likeness (QED) is 0.728. The minimum Gasteiger partial charge on any atom is -0.334 e. The summed E-state index contributed by atoms with van der Waals surface area (Å²) in [4.78, 5) is 4.47. The molecule has 1 aromatic rings. The summed E-state index contributed by atoms with van der Waals surface area (Å²) in [6, 6.07) is 0. The van der Waals surface area contributed by atoms with Crippen LogP contribution in [0.3, 0.4) is 0 Å². The van der Waals surface area contributed by atoms with Gasteiger partial charge in [-0.05, 0) is 20.4 Å². The van der Waals surface area contributed by atoms with E-state index >= 15 is 0 Å². The standard InChI is InChI=1S/C9H17N3/c1-5-8-7(2)11-9(6-10-3)12(8)4/h10H,5-6H2,1-4H3. The van der Waals surface area contributed by atoms with Crippen molar-refractivity contribution in [3.05, 3.63) is 17.2 Å². The number of aromatic nitrogens is 2. The number of hydrogen-bond acceptors (Lipinski definition) is 2. The summed E-state index contributed by atoms with van der Waals surface area (Å²) in [6.07, 6.45) is 1.05. The van der Waals surface area contributed by atoms with Crippen LogP contribution in [0.25, 0.3) is 0 Å².